The Kier molecular flexibility index (Phi) is 2.71. The van der Waals surface area contributed by atoms with Gasteiger partial charge >= 0.3 is 0 Å². The van der Waals surface area contributed by atoms with Gasteiger partial charge < -0.3 is 4.74 Å². The first-order valence-corrected chi connectivity index (χ1v) is 3.86. The Labute approximate surface area is 76.1 Å². The lowest BCUT2D eigenvalue weighted by molar-refractivity contribution is 0.112. The third-order valence-electron chi connectivity index (χ3n) is 1.56. The number of carbonyl (C=O) groups is 1. The fourth-order valence-electron chi connectivity index (χ4n) is 0.997. The van der Waals surface area contributed by atoms with Gasteiger partial charge in [0.2, 0.25) is 0 Å². The molecule has 64 valence electrons. The van der Waals surface area contributed by atoms with Gasteiger partial charge in [0, 0.05) is 5.56 Å². The Morgan fingerprint density at radius 2 is 2.17 bits per heavy atom. The molecule has 1 rings (SSSR count). The third kappa shape index (κ3) is 1.59. The van der Waals surface area contributed by atoms with Crippen molar-refractivity contribution in [1.29, 1.82) is 0 Å². The maximum absolute atomic E-state index is 10.5. The molecule has 0 amide bonds. The van der Waals surface area contributed by atoms with Crippen LogP contribution in [-0.2, 0) is 0 Å². The summed E-state index contributed by atoms with van der Waals surface area (Å²) in [4.78, 5) is 10.5. The quantitative estimate of drug-likeness (QED) is 0.660. The molecule has 0 saturated carbocycles. The zero-order valence-electron chi connectivity index (χ0n) is 6.93. The average Bonchev–Trinajstić information content (AvgIpc) is 2.08. The molecule has 2 nitrogen and oxygen atoms in total. The van der Waals surface area contributed by atoms with E-state index in [2.05, 4.69) is 0 Å². The van der Waals surface area contributed by atoms with Crippen LogP contribution in [0.2, 0.25) is 5.02 Å². The van der Waals surface area contributed by atoms with E-state index >= 15 is 0 Å². The highest BCUT2D eigenvalue weighted by Gasteiger charge is 2.06. The summed E-state index contributed by atoms with van der Waals surface area (Å²) in [5.41, 5.74) is 1.42. The monoisotopic (exact) mass is 184 g/mol. The number of ether oxygens (including phenoxy) is 1. The van der Waals surface area contributed by atoms with Crippen LogP contribution in [0.3, 0.4) is 0 Å². The lowest BCUT2D eigenvalue weighted by atomic mass is 10.1. The van der Waals surface area contributed by atoms with Crippen molar-refractivity contribution in [3.63, 3.8) is 0 Å². The van der Waals surface area contributed by atoms with Gasteiger partial charge in [0.05, 0.1) is 12.1 Å². The van der Waals surface area contributed by atoms with Crippen LogP contribution in [0.4, 0.5) is 0 Å². The molecular weight excluding hydrogens is 176 g/mol. The van der Waals surface area contributed by atoms with Gasteiger partial charge in [-0.3, -0.25) is 4.79 Å². The van der Waals surface area contributed by atoms with Crippen molar-refractivity contribution in [2.24, 2.45) is 0 Å². The Morgan fingerprint density at radius 3 is 2.67 bits per heavy atom. The molecule has 0 fully saturated rings. The van der Waals surface area contributed by atoms with Gasteiger partial charge in [0.25, 0.3) is 0 Å². The van der Waals surface area contributed by atoms with E-state index in [9.17, 15) is 4.79 Å². The zero-order chi connectivity index (χ0) is 9.14. The minimum absolute atomic E-state index is 0.373. The first-order valence-electron chi connectivity index (χ1n) is 3.48. The zero-order valence-corrected chi connectivity index (χ0v) is 7.68. The minimum atomic E-state index is 0.373. The summed E-state index contributed by atoms with van der Waals surface area (Å²) in [5.74, 6) is 0.541. The molecule has 0 spiro atoms. The van der Waals surface area contributed by atoms with Crippen LogP contribution in [0.5, 0.6) is 5.75 Å². The molecule has 0 atom stereocenters. The van der Waals surface area contributed by atoms with E-state index in [1.54, 1.807) is 12.1 Å². The summed E-state index contributed by atoms with van der Waals surface area (Å²) in [6, 6.07) is 3.51. The lowest BCUT2D eigenvalue weighted by Crippen LogP contribution is -1.90. The van der Waals surface area contributed by atoms with Crippen molar-refractivity contribution in [1.82, 2.24) is 0 Å². The van der Waals surface area contributed by atoms with Gasteiger partial charge in [0.1, 0.15) is 5.75 Å². The molecule has 0 aliphatic rings. The number of rotatable bonds is 2. The van der Waals surface area contributed by atoms with Crippen LogP contribution in [0.15, 0.2) is 12.1 Å². The topological polar surface area (TPSA) is 26.3 Å². The van der Waals surface area contributed by atoms with E-state index in [0.717, 1.165) is 11.8 Å². The summed E-state index contributed by atoms with van der Waals surface area (Å²) in [5, 5.41) is 0.373. The van der Waals surface area contributed by atoms with Crippen LogP contribution < -0.4 is 4.74 Å². The van der Waals surface area contributed by atoms with Crippen molar-refractivity contribution in [3.8, 4) is 5.75 Å². The molecule has 0 radical (unpaired) electrons. The number of carbonyl (C=O) groups excluding carboxylic acids is 1. The maximum atomic E-state index is 10.5. The number of benzene rings is 1. The fourth-order valence-corrected chi connectivity index (χ4v) is 1.23. The fraction of sp³-hybridized carbons (Fsp3) is 0.222. The SMILES string of the molecule is COc1cc(C)cc(C=O)c1Cl. The predicted molar refractivity (Wildman–Crippen MR) is 48.1 cm³/mol. The molecule has 0 saturated heterocycles. The van der Waals surface area contributed by atoms with Crippen LogP contribution in [0, 0.1) is 6.92 Å². The summed E-state index contributed by atoms with van der Waals surface area (Å²) >= 11 is 5.82. The second kappa shape index (κ2) is 3.59. The van der Waals surface area contributed by atoms with Gasteiger partial charge in [-0.05, 0) is 24.6 Å². The van der Waals surface area contributed by atoms with Crippen molar-refractivity contribution < 1.29 is 9.53 Å². The third-order valence-corrected chi connectivity index (χ3v) is 1.96. The number of aryl methyl sites for hydroxylation is 1. The van der Waals surface area contributed by atoms with E-state index in [4.69, 9.17) is 16.3 Å². The molecule has 12 heavy (non-hydrogen) atoms. The largest absolute Gasteiger partial charge is 0.495 e. The van der Waals surface area contributed by atoms with E-state index < -0.39 is 0 Å². The molecule has 0 aliphatic carbocycles. The molecule has 0 N–H and O–H groups in total. The van der Waals surface area contributed by atoms with Gasteiger partial charge in [-0.25, -0.2) is 0 Å². The van der Waals surface area contributed by atoms with Gasteiger partial charge in [-0.15, -0.1) is 0 Å². The van der Waals surface area contributed by atoms with Gasteiger partial charge in [0.15, 0.2) is 6.29 Å². The van der Waals surface area contributed by atoms with E-state index in [1.807, 2.05) is 6.92 Å². The number of halogens is 1. The highest BCUT2D eigenvalue weighted by Crippen LogP contribution is 2.28. The van der Waals surface area contributed by atoms with E-state index in [-0.39, 0.29) is 0 Å². The first kappa shape index (κ1) is 9.07. The summed E-state index contributed by atoms with van der Waals surface area (Å²) < 4.78 is 4.98. The average molecular weight is 185 g/mol. The van der Waals surface area contributed by atoms with Crippen LogP contribution in [-0.4, -0.2) is 13.4 Å². The predicted octanol–water partition coefficient (Wildman–Crippen LogP) is 2.47. The first-order chi connectivity index (χ1) is 5.69. The molecule has 0 heterocycles. The molecular formula is C9H9ClO2. The number of hydrogen-bond acceptors (Lipinski definition) is 2. The smallest absolute Gasteiger partial charge is 0.151 e. The highest BCUT2D eigenvalue weighted by atomic mass is 35.5. The Morgan fingerprint density at radius 1 is 1.50 bits per heavy atom. The normalized spacial score (nSPS) is 9.58. The Bertz CT molecular complexity index is 308. The van der Waals surface area contributed by atoms with Crippen LogP contribution in [0.25, 0.3) is 0 Å². The van der Waals surface area contributed by atoms with Gasteiger partial charge in [-0.2, -0.15) is 0 Å². The van der Waals surface area contributed by atoms with Crippen LogP contribution in [0.1, 0.15) is 15.9 Å². The second-order valence-electron chi connectivity index (χ2n) is 2.49. The van der Waals surface area contributed by atoms with Gasteiger partial charge in [-0.1, -0.05) is 11.6 Å². The van der Waals surface area contributed by atoms with Crippen molar-refractivity contribution in [2.75, 3.05) is 7.11 Å². The Hall–Kier alpha value is -1.02. The number of hydrogen-bond donors (Lipinski definition) is 0. The summed E-state index contributed by atoms with van der Waals surface area (Å²) in [6.45, 7) is 1.88. The lowest BCUT2D eigenvalue weighted by Gasteiger charge is -2.05. The summed E-state index contributed by atoms with van der Waals surface area (Å²) in [7, 11) is 1.52. The van der Waals surface area contributed by atoms with E-state index in [1.165, 1.54) is 7.11 Å². The highest BCUT2D eigenvalue weighted by molar-refractivity contribution is 6.34. The molecule has 1 aromatic carbocycles. The molecule has 0 aliphatic heterocycles. The molecule has 1 aromatic rings. The summed E-state index contributed by atoms with van der Waals surface area (Å²) in [6.07, 6.45) is 0.720. The number of aldehydes is 1. The molecule has 0 unspecified atom stereocenters. The minimum Gasteiger partial charge on any atom is -0.495 e. The molecule has 0 aromatic heterocycles. The van der Waals surface area contributed by atoms with Crippen LogP contribution >= 0.6 is 11.6 Å². The molecule has 3 heteroatoms. The van der Waals surface area contributed by atoms with Crippen molar-refractivity contribution in [3.05, 3.63) is 28.3 Å². The van der Waals surface area contributed by atoms with Crippen molar-refractivity contribution >= 4 is 17.9 Å². The second-order valence-corrected chi connectivity index (χ2v) is 2.87. The van der Waals surface area contributed by atoms with Crippen molar-refractivity contribution in [2.45, 2.75) is 6.92 Å². The standard InChI is InChI=1S/C9H9ClO2/c1-6-3-7(5-11)9(10)8(4-6)12-2/h3-5H,1-2H3. The molecule has 0 bridgehead atoms. The Balaban J connectivity index is 3.31. The van der Waals surface area contributed by atoms with E-state index in [0.29, 0.717) is 16.3 Å². The maximum Gasteiger partial charge on any atom is 0.151 e. The number of methoxy groups -OCH3 is 1.